The van der Waals surface area contributed by atoms with Gasteiger partial charge in [-0.25, -0.2) is 0 Å². The Morgan fingerprint density at radius 2 is 1.23 bits per heavy atom. The van der Waals surface area contributed by atoms with E-state index in [0.29, 0.717) is 0 Å². The molecular weight excluding hydrogens is 316 g/mol. The number of fused-ring (bicyclic) bond motifs is 2. The van der Waals surface area contributed by atoms with E-state index < -0.39 is 6.10 Å². The molecule has 0 radical (unpaired) electrons. The first-order valence-corrected chi connectivity index (χ1v) is 8.48. The maximum Gasteiger partial charge on any atom is 0.141 e. The Hall–Kier alpha value is -3.52. The van der Waals surface area contributed by atoms with E-state index in [-0.39, 0.29) is 0 Å². The highest BCUT2D eigenvalue weighted by molar-refractivity contribution is 5.88. The predicted octanol–water partition coefficient (Wildman–Crippen LogP) is 5.08. The SMILES string of the molecule is OC(C#CC#Cc1cccc2ccccc12)c1cccc2ccccc12. The number of hydrogen-bond acceptors (Lipinski definition) is 1. The fraction of sp³-hybridized carbons (Fsp3) is 0.0400. The molecule has 0 aromatic heterocycles. The summed E-state index contributed by atoms with van der Waals surface area (Å²) in [5, 5.41) is 14.8. The topological polar surface area (TPSA) is 20.2 Å². The first kappa shape index (κ1) is 16.0. The maximum atomic E-state index is 10.4. The highest BCUT2D eigenvalue weighted by atomic mass is 16.3. The van der Waals surface area contributed by atoms with Crippen LogP contribution in [0.4, 0.5) is 0 Å². The molecule has 0 spiro atoms. The quantitative estimate of drug-likeness (QED) is 0.482. The minimum Gasteiger partial charge on any atom is -0.376 e. The van der Waals surface area contributed by atoms with Crippen molar-refractivity contribution in [1.82, 2.24) is 0 Å². The minimum absolute atomic E-state index is 0.808. The number of aliphatic hydroxyl groups is 1. The van der Waals surface area contributed by atoms with Gasteiger partial charge < -0.3 is 5.11 Å². The van der Waals surface area contributed by atoms with Gasteiger partial charge in [0.15, 0.2) is 0 Å². The number of benzene rings is 4. The van der Waals surface area contributed by atoms with Crippen LogP contribution >= 0.6 is 0 Å². The van der Waals surface area contributed by atoms with Gasteiger partial charge in [0, 0.05) is 11.1 Å². The van der Waals surface area contributed by atoms with Crippen LogP contribution in [0.3, 0.4) is 0 Å². The van der Waals surface area contributed by atoms with E-state index in [1.54, 1.807) is 0 Å². The second kappa shape index (κ2) is 7.16. The van der Waals surface area contributed by atoms with Crippen LogP contribution < -0.4 is 0 Å². The second-order valence-electron chi connectivity index (χ2n) is 6.02. The van der Waals surface area contributed by atoms with Gasteiger partial charge in [-0.3, -0.25) is 0 Å². The maximum absolute atomic E-state index is 10.4. The van der Waals surface area contributed by atoms with E-state index in [1.807, 2.05) is 66.7 Å². The van der Waals surface area contributed by atoms with Crippen molar-refractivity contribution in [3.63, 3.8) is 0 Å². The van der Waals surface area contributed by atoms with Gasteiger partial charge in [0.1, 0.15) is 6.10 Å². The molecular formula is C25H16O. The van der Waals surface area contributed by atoms with Crippen LogP contribution in [0.15, 0.2) is 84.9 Å². The van der Waals surface area contributed by atoms with Gasteiger partial charge in [-0.05, 0) is 39.5 Å². The molecule has 1 heteroatoms. The Labute approximate surface area is 152 Å². The summed E-state index contributed by atoms with van der Waals surface area (Å²) < 4.78 is 0. The lowest BCUT2D eigenvalue weighted by Crippen LogP contribution is -1.94. The molecule has 0 aliphatic carbocycles. The summed E-state index contributed by atoms with van der Waals surface area (Å²) in [4.78, 5) is 0. The van der Waals surface area contributed by atoms with Gasteiger partial charge in [0.2, 0.25) is 0 Å². The zero-order chi connectivity index (χ0) is 17.8. The van der Waals surface area contributed by atoms with Crippen LogP contribution in [0.25, 0.3) is 21.5 Å². The molecule has 0 saturated carbocycles. The van der Waals surface area contributed by atoms with Crippen LogP contribution in [-0.2, 0) is 0 Å². The van der Waals surface area contributed by atoms with Crippen LogP contribution in [0, 0.1) is 23.7 Å². The van der Waals surface area contributed by atoms with Crippen LogP contribution in [0.1, 0.15) is 17.2 Å². The summed E-state index contributed by atoms with van der Waals surface area (Å²) in [6, 6.07) is 28.0. The van der Waals surface area contributed by atoms with E-state index in [0.717, 1.165) is 32.7 Å². The highest BCUT2D eigenvalue weighted by Gasteiger charge is 2.07. The van der Waals surface area contributed by atoms with Gasteiger partial charge in [0.05, 0.1) is 0 Å². The van der Waals surface area contributed by atoms with E-state index in [9.17, 15) is 5.11 Å². The minimum atomic E-state index is -0.858. The fourth-order valence-corrected chi connectivity index (χ4v) is 3.10. The lowest BCUT2D eigenvalue weighted by atomic mass is 10.0. The van der Waals surface area contributed by atoms with Crippen molar-refractivity contribution in [3.05, 3.63) is 96.1 Å². The highest BCUT2D eigenvalue weighted by Crippen LogP contribution is 2.23. The van der Waals surface area contributed by atoms with Crippen LogP contribution in [0.2, 0.25) is 0 Å². The van der Waals surface area contributed by atoms with Crippen LogP contribution in [-0.4, -0.2) is 5.11 Å². The molecule has 26 heavy (non-hydrogen) atoms. The summed E-state index contributed by atoms with van der Waals surface area (Å²) in [6.45, 7) is 0. The monoisotopic (exact) mass is 332 g/mol. The summed E-state index contributed by atoms with van der Waals surface area (Å²) >= 11 is 0. The van der Waals surface area contributed by atoms with E-state index in [1.165, 1.54) is 0 Å². The molecule has 4 aromatic carbocycles. The molecule has 1 atom stereocenters. The molecule has 0 heterocycles. The lowest BCUT2D eigenvalue weighted by Gasteiger charge is -2.07. The first-order chi connectivity index (χ1) is 12.8. The largest absolute Gasteiger partial charge is 0.376 e. The van der Waals surface area contributed by atoms with Crippen molar-refractivity contribution >= 4 is 21.5 Å². The number of rotatable bonds is 1. The Kier molecular flexibility index (Phi) is 4.40. The van der Waals surface area contributed by atoms with Gasteiger partial charge in [0.25, 0.3) is 0 Å². The molecule has 0 aliphatic rings. The second-order valence-corrected chi connectivity index (χ2v) is 6.02. The summed E-state index contributed by atoms with van der Waals surface area (Å²) in [6.07, 6.45) is -0.858. The smallest absolute Gasteiger partial charge is 0.141 e. The molecule has 1 unspecified atom stereocenters. The molecule has 122 valence electrons. The average Bonchev–Trinajstić information content (AvgIpc) is 2.70. The third-order valence-electron chi connectivity index (χ3n) is 4.38. The van der Waals surface area contributed by atoms with Crippen LogP contribution in [0.5, 0.6) is 0 Å². The van der Waals surface area contributed by atoms with Crippen molar-refractivity contribution in [2.75, 3.05) is 0 Å². The first-order valence-electron chi connectivity index (χ1n) is 8.48. The number of hydrogen-bond donors (Lipinski definition) is 1. The molecule has 4 rings (SSSR count). The van der Waals surface area contributed by atoms with Gasteiger partial charge >= 0.3 is 0 Å². The molecule has 1 N–H and O–H groups in total. The molecule has 0 saturated heterocycles. The number of aliphatic hydroxyl groups excluding tert-OH is 1. The fourth-order valence-electron chi connectivity index (χ4n) is 3.10. The molecule has 1 nitrogen and oxygen atoms in total. The van der Waals surface area contributed by atoms with E-state index in [2.05, 4.69) is 41.9 Å². The van der Waals surface area contributed by atoms with E-state index in [4.69, 9.17) is 0 Å². The van der Waals surface area contributed by atoms with Crippen molar-refractivity contribution in [2.45, 2.75) is 6.10 Å². The Bertz CT molecular complexity index is 1200. The van der Waals surface area contributed by atoms with Gasteiger partial charge in [-0.15, -0.1) is 0 Å². The van der Waals surface area contributed by atoms with Gasteiger partial charge in [-0.2, -0.15) is 0 Å². The van der Waals surface area contributed by atoms with Crippen molar-refractivity contribution < 1.29 is 5.11 Å². The molecule has 0 aliphatic heterocycles. The summed E-state index contributed by atoms with van der Waals surface area (Å²) in [7, 11) is 0. The standard InChI is InChI=1S/C25H16O/c26-25(24-17-8-14-21-11-2-5-16-23(21)24)18-6-3-10-20-13-7-12-19-9-1-4-15-22(19)20/h1-2,4-5,7-9,11-17,25-26H. The van der Waals surface area contributed by atoms with Crippen molar-refractivity contribution in [1.29, 1.82) is 0 Å². The van der Waals surface area contributed by atoms with Crippen molar-refractivity contribution in [3.8, 4) is 23.7 Å². The van der Waals surface area contributed by atoms with E-state index >= 15 is 0 Å². The normalized spacial score (nSPS) is 11.3. The molecule has 0 bridgehead atoms. The summed E-state index contributed by atoms with van der Waals surface area (Å²) in [5.74, 6) is 11.6. The lowest BCUT2D eigenvalue weighted by molar-refractivity contribution is 0.240. The Morgan fingerprint density at radius 1 is 0.615 bits per heavy atom. The Morgan fingerprint density at radius 3 is 2.04 bits per heavy atom. The average molecular weight is 332 g/mol. The third-order valence-corrected chi connectivity index (χ3v) is 4.38. The Balaban J connectivity index is 1.63. The predicted molar refractivity (Wildman–Crippen MR) is 108 cm³/mol. The summed E-state index contributed by atoms with van der Waals surface area (Å²) in [5.41, 5.74) is 1.75. The van der Waals surface area contributed by atoms with Gasteiger partial charge in [-0.1, -0.05) is 90.7 Å². The zero-order valence-electron chi connectivity index (χ0n) is 14.1. The molecule has 4 aromatic rings. The molecule has 0 amide bonds. The zero-order valence-corrected chi connectivity index (χ0v) is 14.1. The third kappa shape index (κ3) is 3.17. The molecule has 0 fully saturated rings. The van der Waals surface area contributed by atoms with Crippen molar-refractivity contribution in [2.24, 2.45) is 0 Å².